The highest BCUT2D eigenvalue weighted by molar-refractivity contribution is 5.71. The lowest BCUT2D eigenvalue weighted by Gasteiger charge is -2.08. The van der Waals surface area contributed by atoms with Crippen molar-refractivity contribution < 1.29 is 19.2 Å². The van der Waals surface area contributed by atoms with Crippen LogP contribution in [0.4, 0.5) is 11.5 Å². The number of nitrogens with one attached hydrogen (secondary N) is 1. The summed E-state index contributed by atoms with van der Waals surface area (Å²) >= 11 is 0. The van der Waals surface area contributed by atoms with Crippen molar-refractivity contribution >= 4 is 17.5 Å². The first kappa shape index (κ1) is 18.2. The summed E-state index contributed by atoms with van der Waals surface area (Å²) in [4.78, 5) is 25.5. The molecule has 1 N–H and O–H groups in total. The molecule has 1 heterocycles. The molecule has 0 saturated heterocycles. The number of rotatable bonds is 9. The molecule has 2 aromatic rings. The topological polar surface area (TPSA) is 104 Å². The minimum absolute atomic E-state index is 0.0823. The molecule has 0 atom stereocenters. The summed E-state index contributed by atoms with van der Waals surface area (Å²) in [5.41, 5.74) is 1.11. The van der Waals surface area contributed by atoms with E-state index in [0.717, 1.165) is 12.6 Å². The molecule has 0 spiro atoms. The molecule has 0 fully saturated rings. The van der Waals surface area contributed by atoms with Crippen molar-refractivity contribution in [2.75, 3.05) is 25.1 Å². The Morgan fingerprint density at radius 3 is 2.60 bits per heavy atom. The first-order valence-corrected chi connectivity index (χ1v) is 7.80. The van der Waals surface area contributed by atoms with Crippen LogP contribution >= 0.6 is 0 Å². The highest BCUT2D eigenvalue weighted by Gasteiger charge is 2.06. The fourth-order valence-corrected chi connectivity index (χ4v) is 1.95. The van der Waals surface area contributed by atoms with Gasteiger partial charge in [0.15, 0.2) is 6.61 Å². The molecule has 25 heavy (non-hydrogen) atoms. The zero-order valence-electron chi connectivity index (χ0n) is 13.8. The maximum absolute atomic E-state index is 11.6. The second-order valence-corrected chi connectivity index (χ2v) is 5.09. The average molecular weight is 345 g/mol. The Balaban J connectivity index is 1.63. The molecular weight excluding hydrogens is 326 g/mol. The van der Waals surface area contributed by atoms with Gasteiger partial charge in [-0.25, -0.2) is 9.78 Å². The Morgan fingerprint density at radius 2 is 2.00 bits per heavy atom. The van der Waals surface area contributed by atoms with Gasteiger partial charge in [-0.3, -0.25) is 10.1 Å². The fourth-order valence-electron chi connectivity index (χ4n) is 1.95. The van der Waals surface area contributed by atoms with E-state index in [1.807, 2.05) is 24.3 Å². The zero-order valence-corrected chi connectivity index (χ0v) is 13.8. The lowest BCUT2D eigenvalue weighted by atomic mass is 10.2. The van der Waals surface area contributed by atoms with Crippen LogP contribution in [0.25, 0.3) is 0 Å². The Labute approximate surface area is 144 Å². The predicted molar refractivity (Wildman–Crippen MR) is 91.7 cm³/mol. The third-order valence-corrected chi connectivity index (χ3v) is 3.32. The van der Waals surface area contributed by atoms with Gasteiger partial charge in [0.2, 0.25) is 0 Å². The highest BCUT2D eigenvalue weighted by Crippen LogP contribution is 2.13. The number of aromatic nitrogens is 1. The molecule has 0 aliphatic carbocycles. The number of hydrogen-bond donors (Lipinski definition) is 1. The molecule has 0 amide bonds. The van der Waals surface area contributed by atoms with Gasteiger partial charge < -0.3 is 14.8 Å². The highest BCUT2D eigenvalue weighted by atomic mass is 16.6. The first-order chi connectivity index (χ1) is 12.1. The number of nitro groups is 1. The summed E-state index contributed by atoms with van der Waals surface area (Å²) in [5.74, 6) is 0.606. The summed E-state index contributed by atoms with van der Waals surface area (Å²) in [7, 11) is 0. The molecule has 8 nitrogen and oxygen atoms in total. The summed E-state index contributed by atoms with van der Waals surface area (Å²) in [6, 6.07) is 10.4. The standard InChI is InChI=1S/C17H19N3O5/c1-2-13-3-6-15(7-4-13)25-12-17(21)24-10-9-18-16-8-5-14(11-19-16)20(22)23/h3-8,11H,2,9-10,12H2,1H3,(H,18,19). The van der Waals surface area contributed by atoms with Crippen molar-refractivity contribution in [3.63, 3.8) is 0 Å². The maximum Gasteiger partial charge on any atom is 0.344 e. The minimum Gasteiger partial charge on any atom is -0.482 e. The van der Waals surface area contributed by atoms with Gasteiger partial charge in [-0.05, 0) is 30.2 Å². The number of anilines is 1. The van der Waals surface area contributed by atoms with Crippen LogP contribution in [0.5, 0.6) is 5.75 Å². The number of ether oxygens (including phenoxy) is 2. The van der Waals surface area contributed by atoms with Gasteiger partial charge >= 0.3 is 5.97 Å². The summed E-state index contributed by atoms with van der Waals surface area (Å²) in [6.45, 7) is 2.37. The molecule has 2 rings (SSSR count). The number of benzene rings is 1. The number of hydrogen-bond acceptors (Lipinski definition) is 7. The Kier molecular flexibility index (Phi) is 6.70. The second kappa shape index (κ2) is 9.21. The molecule has 0 aliphatic rings. The van der Waals surface area contributed by atoms with Crippen molar-refractivity contribution in [1.82, 2.24) is 4.98 Å². The molecule has 0 radical (unpaired) electrons. The summed E-state index contributed by atoms with van der Waals surface area (Å²) in [6.07, 6.45) is 2.10. The van der Waals surface area contributed by atoms with Gasteiger partial charge in [-0.15, -0.1) is 0 Å². The monoisotopic (exact) mass is 345 g/mol. The van der Waals surface area contributed by atoms with Gasteiger partial charge in [0.05, 0.1) is 11.5 Å². The van der Waals surface area contributed by atoms with E-state index in [4.69, 9.17) is 9.47 Å². The van der Waals surface area contributed by atoms with Crippen LogP contribution in [-0.2, 0) is 16.0 Å². The normalized spacial score (nSPS) is 10.1. The number of pyridine rings is 1. The molecule has 0 aliphatic heterocycles. The van der Waals surface area contributed by atoms with E-state index in [1.54, 1.807) is 0 Å². The Bertz CT molecular complexity index is 701. The zero-order chi connectivity index (χ0) is 18.1. The number of nitrogens with zero attached hydrogens (tertiary/aromatic N) is 2. The molecule has 0 unspecified atom stereocenters. The molecule has 1 aromatic heterocycles. The number of carbonyl (C=O) groups is 1. The third-order valence-electron chi connectivity index (χ3n) is 3.32. The quantitative estimate of drug-likeness (QED) is 0.322. The molecule has 0 bridgehead atoms. The third kappa shape index (κ3) is 6.09. The predicted octanol–water partition coefficient (Wildman–Crippen LogP) is 2.59. The molecule has 0 saturated carbocycles. The van der Waals surface area contributed by atoms with Crippen LogP contribution in [0.1, 0.15) is 12.5 Å². The van der Waals surface area contributed by atoms with E-state index in [0.29, 0.717) is 18.1 Å². The molecular formula is C17H19N3O5. The lowest BCUT2D eigenvalue weighted by molar-refractivity contribution is -0.385. The molecule has 132 valence electrons. The van der Waals surface area contributed by atoms with Crippen molar-refractivity contribution in [3.05, 3.63) is 58.3 Å². The van der Waals surface area contributed by atoms with Crippen molar-refractivity contribution in [2.45, 2.75) is 13.3 Å². The van der Waals surface area contributed by atoms with Gasteiger partial charge in [0, 0.05) is 6.07 Å². The van der Waals surface area contributed by atoms with Gasteiger partial charge in [0.25, 0.3) is 5.69 Å². The van der Waals surface area contributed by atoms with Crippen LogP contribution in [0, 0.1) is 10.1 Å². The van der Waals surface area contributed by atoms with Gasteiger partial charge in [-0.2, -0.15) is 0 Å². The fraction of sp³-hybridized carbons (Fsp3) is 0.294. The average Bonchev–Trinajstić information content (AvgIpc) is 2.64. The summed E-state index contributed by atoms with van der Waals surface area (Å²) < 4.78 is 10.4. The van der Waals surface area contributed by atoms with Crippen LogP contribution in [0.2, 0.25) is 0 Å². The Morgan fingerprint density at radius 1 is 1.24 bits per heavy atom. The van der Waals surface area contributed by atoms with Crippen molar-refractivity contribution in [1.29, 1.82) is 0 Å². The SMILES string of the molecule is CCc1ccc(OCC(=O)OCCNc2ccc([N+](=O)[O-])cn2)cc1. The first-order valence-electron chi connectivity index (χ1n) is 7.80. The van der Waals surface area contributed by atoms with Crippen molar-refractivity contribution in [3.8, 4) is 5.75 Å². The number of esters is 1. The number of carbonyl (C=O) groups excluding carboxylic acids is 1. The van der Waals surface area contributed by atoms with E-state index in [1.165, 1.54) is 17.7 Å². The summed E-state index contributed by atoms with van der Waals surface area (Å²) in [5, 5.41) is 13.4. The largest absolute Gasteiger partial charge is 0.482 e. The maximum atomic E-state index is 11.6. The smallest absolute Gasteiger partial charge is 0.344 e. The van der Waals surface area contributed by atoms with Crippen LogP contribution < -0.4 is 10.1 Å². The van der Waals surface area contributed by atoms with E-state index in [2.05, 4.69) is 17.2 Å². The van der Waals surface area contributed by atoms with E-state index < -0.39 is 10.9 Å². The minimum atomic E-state index is -0.519. The van der Waals surface area contributed by atoms with Gasteiger partial charge in [-0.1, -0.05) is 19.1 Å². The van der Waals surface area contributed by atoms with E-state index in [9.17, 15) is 14.9 Å². The van der Waals surface area contributed by atoms with E-state index >= 15 is 0 Å². The molecule has 1 aromatic carbocycles. The molecule has 8 heteroatoms. The van der Waals surface area contributed by atoms with Crippen molar-refractivity contribution in [2.24, 2.45) is 0 Å². The Hall–Kier alpha value is -3.16. The van der Waals surface area contributed by atoms with E-state index in [-0.39, 0.29) is 18.9 Å². The van der Waals surface area contributed by atoms with Crippen LogP contribution in [-0.4, -0.2) is 35.6 Å². The van der Waals surface area contributed by atoms with Crippen LogP contribution in [0.15, 0.2) is 42.6 Å². The van der Waals surface area contributed by atoms with Crippen LogP contribution in [0.3, 0.4) is 0 Å². The number of aryl methyl sites for hydroxylation is 1. The van der Waals surface area contributed by atoms with Gasteiger partial charge in [0.1, 0.15) is 24.4 Å². The second-order valence-electron chi connectivity index (χ2n) is 5.09. The lowest BCUT2D eigenvalue weighted by Crippen LogP contribution is -2.19.